The molecule has 0 aliphatic rings. The zero-order valence-electron chi connectivity index (χ0n) is 16.9. The summed E-state index contributed by atoms with van der Waals surface area (Å²) in [5.74, 6) is 0.531. The van der Waals surface area contributed by atoms with Crippen molar-refractivity contribution in [2.45, 2.75) is 33.2 Å². The Morgan fingerprint density at radius 1 is 1.13 bits per heavy atom. The minimum Gasteiger partial charge on any atom is -0.325 e. The van der Waals surface area contributed by atoms with Crippen molar-refractivity contribution in [2.24, 2.45) is 0 Å². The van der Waals surface area contributed by atoms with Crippen LogP contribution < -0.4 is 10.9 Å². The molecule has 0 unspecified atom stereocenters. The number of carbonyl (C=O) groups is 1. The molecule has 4 rings (SSSR count). The summed E-state index contributed by atoms with van der Waals surface area (Å²) in [5, 5.41) is 15.4. The van der Waals surface area contributed by atoms with Crippen LogP contribution in [0.5, 0.6) is 0 Å². The third kappa shape index (κ3) is 3.95. The minimum atomic E-state index is -0.314. The summed E-state index contributed by atoms with van der Waals surface area (Å²) >= 11 is 0. The summed E-state index contributed by atoms with van der Waals surface area (Å²) in [6.45, 7) is 5.64. The fourth-order valence-electron chi connectivity index (χ4n) is 3.04. The highest BCUT2D eigenvalue weighted by Gasteiger charge is 2.10. The Morgan fingerprint density at radius 2 is 1.97 bits per heavy atom. The lowest BCUT2D eigenvalue weighted by Crippen LogP contribution is -2.28. The maximum Gasteiger partial charge on any atom is 0.254 e. The lowest BCUT2D eigenvalue weighted by atomic mass is 10.1. The Morgan fingerprint density at radius 3 is 2.73 bits per heavy atom. The molecular weight excluding hydrogens is 382 g/mol. The van der Waals surface area contributed by atoms with E-state index in [1.807, 2.05) is 51.1 Å². The van der Waals surface area contributed by atoms with Crippen LogP contribution in [-0.4, -0.2) is 35.3 Å². The van der Waals surface area contributed by atoms with Gasteiger partial charge in [-0.05, 0) is 37.1 Å². The van der Waals surface area contributed by atoms with Crippen LogP contribution in [0.2, 0.25) is 0 Å². The number of aromatic nitrogens is 6. The molecule has 0 bridgehead atoms. The van der Waals surface area contributed by atoms with Gasteiger partial charge in [0, 0.05) is 17.3 Å². The van der Waals surface area contributed by atoms with E-state index in [0.717, 1.165) is 11.3 Å². The molecular formula is C21H21N7O2. The number of anilines is 1. The molecule has 0 aliphatic heterocycles. The summed E-state index contributed by atoms with van der Waals surface area (Å²) < 4.78 is 2.95. The van der Waals surface area contributed by atoms with E-state index >= 15 is 0 Å². The second-order valence-electron chi connectivity index (χ2n) is 7.30. The van der Waals surface area contributed by atoms with Crippen LogP contribution in [0.15, 0.2) is 53.6 Å². The molecule has 3 aromatic heterocycles. The molecule has 0 saturated carbocycles. The number of nitrogens with one attached hydrogen (secondary N) is 1. The molecule has 152 valence electrons. The number of benzene rings is 1. The third-order valence-corrected chi connectivity index (χ3v) is 4.67. The van der Waals surface area contributed by atoms with Crippen molar-refractivity contribution < 1.29 is 4.79 Å². The van der Waals surface area contributed by atoms with Crippen LogP contribution in [0.4, 0.5) is 5.69 Å². The molecule has 0 saturated heterocycles. The maximum atomic E-state index is 12.5. The minimum absolute atomic E-state index is 0.113. The summed E-state index contributed by atoms with van der Waals surface area (Å²) in [4.78, 5) is 28.9. The molecule has 30 heavy (non-hydrogen) atoms. The number of amides is 1. The highest BCUT2D eigenvalue weighted by molar-refractivity contribution is 5.91. The monoisotopic (exact) mass is 403 g/mol. The summed E-state index contributed by atoms with van der Waals surface area (Å²) in [6, 6.07) is 12.5. The van der Waals surface area contributed by atoms with Crippen molar-refractivity contribution in [1.29, 1.82) is 0 Å². The molecule has 4 aromatic rings. The molecule has 0 aliphatic carbocycles. The van der Waals surface area contributed by atoms with E-state index in [1.54, 1.807) is 10.6 Å². The van der Waals surface area contributed by atoms with Gasteiger partial charge >= 0.3 is 0 Å². The average molecular weight is 403 g/mol. The van der Waals surface area contributed by atoms with Gasteiger partial charge in [-0.15, -0.1) is 10.2 Å². The van der Waals surface area contributed by atoms with Crippen LogP contribution in [0, 0.1) is 6.92 Å². The fraction of sp³-hybridized carbons (Fsp3) is 0.238. The quantitative estimate of drug-likeness (QED) is 0.548. The van der Waals surface area contributed by atoms with Gasteiger partial charge in [0.05, 0.1) is 17.7 Å². The number of carbonyl (C=O) groups excluding carboxylic acids is 1. The van der Waals surface area contributed by atoms with Crippen molar-refractivity contribution in [2.75, 3.05) is 5.32 Å². The van der Waals surface area contributed by atoms with Gasteiger partial charge in [-0.25, -0.2) is 4.98 Å². The standard InChI is InChI=1S/C21H21N7O2/c1-13(2)18-10-21(30)27(12-22-18)11-20(29)23-16-6-4-5-15(9-16)17-7-8-19-25-24-14(3)28(19)26-17/h4-10,12-13H,11H2,1-3H3,(H,23,29). The Bertz CT molecular complexity index is 1290. The van der Waals surface area contributed by atoms with Gasteiger partial charge < -0.3 is 5.32 Å². The second-order valence-corrected chi connectivity index (χ2v) is 7.30. The van der Waals surface area contributed by atoms with Crippen molar-refractivity contribution in [1.82, 2.24) is 29.4 Å². The molecule has 1 amide bonds. The lowest BCUT2D eigenvalue weighted by molar-refractivity contribution is -0.116. The van der Waals surface area contributed by atoms with Gasteiger partial charge in [0.2, 0.25) is 5.91 Å². The number of hydrogen-bond acceptors (Lipinski definition) is 6. The molecule has 0 fully saturated rings. The molecule has 1 aromatic carbocycles. The van der Waals surface area contributed by atoms with E-state index in [2.05, 4.69) is 25.6 Å². The maximum absolute atomic E-state index is 12.5. The second kappa shape index (κ2) is 7.86. The first-order valence-corrected chi connectivity index (χ1v) is 9.56. The van der Waals surface area contributed by atoms with Gasteiger partial charge in [-0.1, -0.05) is 26.0 Å². The summed E-state index contributed by atoms with van der Waals surface area (Å²) in [6.07, 6.45) is 1.41. The number of nitrogens with zero attached hydrogens (tertiary/aromatic N) is 6. The van der Waals surface area contributed by atoms with Crippen molar-refractivity contribution >= 4 is 17.2 Å². The Hall–Kier alpha value is -3.88. The Labute approximate surface area is 172 Å². The predicted molar refractivity (Wildman–Crippen MR) is 112 cm³/mol. The third-order valence-electron chi connectivity index (χ3n) is 4.67. The van der Waals surface area contributed by atoms with Gasteiger partial charge in [0.25, 0.3) is 5.56 Å². The molecule has 0 spiro atoms. The summed E-state index contributed by atoms with van der Waals surface area (Å²) in [5.41, 5.74) is 3.30. The smallest absolute Gasteiger partial charge is 0.254 e. The van der Waals surface area contributed by atoms with Gasteiger partial charge in [0.1, 0.15) is 6.54 Å². The van der Waals surface area contributed by atoms with Crippen LogP contribution in [0.25, 0.3) is 16.9 Å². The number of fused-ring (bicyclic) bond motifs is 1. The first-order chi connectivity index (χ1) is 14.4. The average Bonchev–Trinajstić information content (AvgIpc) is 3.10. The van der Waals surface area contributed by atoms with Crippen LogP contribution in [-0.2, 0) is 11.3 Å². The normalized spacial score (nSPS) is 11.2. The van der Waals surface area contributed by atoms with Gasteiger partial charge in [-0.3, -0.25) is 14.2 Å². The fourth-order valence-corrected chi connectivity index (χ4v) is 3.04. The van der Waals surface area contributed by atoms with Gasteiger partial charge in [0.15, 0.2) is 11.5 Å². The molecule has 9 heteroatoms. The first-order valence-electron chi connectivity index (χ1n) is 9.56. The van der Waals surface area contributed by atoms with Crippen LogP contribution in [0.3, 0.4) is 0 Å². The summed E-state index contributed by atoms with van der Waals surface area (Å²) in [7, 11) is 0. The Balaban J connectivity index is 1.52. The van der Waals surface area contributed by atoms with E-state index in [9.17, 15) is 9.59 Å². The Kier molecular flexibility index (Phi) is 5.09. The highest BCUT2D eigenvalue weighted by Crippen LogP contribution is 2.21. The van der Waals surface area contributed by atoms with Crippen molar-refractivity contribution in [3.63, 3.8) is 0 Å². The van der Waals surface area contributed by atoms with Crippen molar-refractivity contribution in [3.8, 4) is 11.3 Å². The van der Waals surface area contributed by atoms with Crippen LogP contribution in [0.1, 0.15) is 31.3 Å². The van der Waals surface area contributed by atoms with Crippen molar-refractivity contribution in [3.05, 3.63) is 70.7 Å². The largest absolute Gasteiger partial charge is 0.325 e. The van der Waals surface area contributed by atoms with Gasteiger partial charge in [-0.2, -0.15) is 9.61 Å². The number of aryl methyl sites for hydroxylation is 1. The topological polar surface area (TPSA) is 107 Å². The molecule has 0 atom stereocenters. The predicted octanol–water partition coefficient (Wildman–Crippen LogP) is 2.42. The zero-order chi connectivity index (χ0) is 21.3. The highest BCUT2D eigenvalue weighted by atomic mass is 16.2. The van der Waals surface area contributed by atoms with E-state index < -0.39 is 0 Å². The molecule has 1 N–H and O–H groups in total. The zero-order valence-corrected chi connectivity index (χ0v) is 16.9. The van der Waals surface area contributed by atoms with E-state index in [1.165, 1.54) is 17.0 Å². The van der Waals surface area contributed by atoms with E-state index in [-0.39, 0.29) is 23.9 Å². The lowest BCUT2D eigenvalue weighted by Gasteiger charge is -2.10. The number of rotatable bonds is 5. The first kappa shape index (κ1) is 19.4. The van der Waals surface area contributed by atoms with E-state index in [4.69, 9.17) is 0 Å². The van der Waals surface area contributed by atoms with Crippen LogP contribution >= 0.6 is 0 Å². The molecule has 3 heterocycles. The number of hydrogen-bond donors (Lipinski definition) is 1. The van der Waals surface area contributed by atoms with E-state index in [0.29, 0.717) is 22.9 Å². The molecule has 9 nitrogen and oxygen atoms in total. The SMILES string of the molecule is Cc1nnc2ccc(-c3cccc(NC(=O)Cn4cnc(C(C)C)cc4=O)c3)nn12. The molecule has 0 radical (unpaired) electrons.